The van der Waals surface area contributed by atoms with Crippen LogP contribution in [0.2, 0.25) is 0 Å². The number of nitrogens with one attached hydrogen (secondary N) is 1. The number of aliphatic hydroxyl groups is 2. The molecule has 0 spiro atoms. The van der Waals surface area contributed by atoms with Crippen molar-refractivity contribution < 1.29 is 47.6 Å². The van der Waals surface area contributed by atoms with Gasteiger partial charge in [0.05, 0.1) is 13.2 Å². The van der Waals surface area contributed by atoms with E-state index in [1.807, 2.05) is 5.32 Å². The highest BCUT2D eigenvalue weighted by atomic mass is 19.4. The van der Waals surface area contributed by atoms with Crippen molar-refractivity contribution in [3.63, 3.8) is 0 Å². The lowest BCUT2D eigenvalue weighted by atomic mass is 9.76. The number of carbonyl (C=O) groups is 2. The van der Waals surface area contributed by atoms with Crippen LogP contribution in [0.4, 0.5) is 13.2 Å². The van der Waals surface area contributed by atoms with Crippen molar-refractivity contribution in [1.29, 1.82) is 0 Å². The molecule has 5 atom stereocenters. The lowest BCUT2D eigenvalue weighted by Gasteiger charge is -2.41. The van der Waals surface area contributed by atoms with E-state index in [0.29, 0.717) is 5.56 Å². The molecule has 1 aliphatic rings. The number of carbonyl (C=O) groups excluding carboxylic acids is 1. The Kier molecular flexibility index (Phi) is 6.76. The molecule has 0 aliphatic carbocycles. The maximum Gasteiger partial charge on any atom is 0.575 e. The van der Waals surface area contributed by atoms with Gasteiger partial charge in [-0.3, -0.25) is 14.9 Å². The number of ether oxygens (including phenoxy) is 2. The van der Waals surface area contributed by atoms with Gasteiger partial charge in [0.1, 0.15) is 24.3 Å². The molecule has 2 rings (SSSR count). The minimum absolute atomic E-state index is 0.00959. The highest BCUT2D eigenvalue weighted by Crippen LogP contribution is 2.34. The summed E-state index contributed by atoms with van der Waals surface area (Å²) in [6.07, 6.45) is -9.05. The zero-order chi connectivity index (χ0) is 20.2. The van der Waals surface area contributed by atoms with Gasteiger partial charge in [0, 0.05) is 5.92 Å². The Morgan fingerprint density at radius 2 is 1.67 bits per heavy atom. The Balaban J connectivity index is 2.19. The molecule has 27 heavy (non-hydrogen) atoms. The van der Waals surface area contributed by atoms with Gasteiger partial charge in [0.15, 0.2) is 0 Å². The molecule has 0 saturated carbocycles. The second-order valence-electron chi connectivity index (χ2n) is 5.98. The molecule has 1 aromatic carbocycles. The third-order valence-electron chi connectivity index (χ3n) is 4.14. The number of aliphatic hydroxyl groups excluding tert-OH is 2. The number of alkyl halides is 3. The Morgan fingerprint density at radius 1 is 1.07 bits per heavy atom. The smallest absolute Gasteiger partial charge is 0.481 e. The van der Waals surface area contributed by atoms with Gasteiger partial charge in [-0.05, 0) is 5.56 Å². The van der Waals surface area contributed by atoms with Crippen molar-refractivity contribution in [1.82, 2.24) is 5.32 Å². The van der Waals surface area contributed by atoms with Crippen molar-refractivity contribution in [2.45, 2.75) is 25.4 Å². The average Bonchev–Trinajstić information content (AvgIpc) is 2.53. The minimum atomic E-state index is -5.30. The van der Waals surface area contributed by atoms with E-state index < -0.39 is 55.1 Å². The van der Waals surface area contributed by atoms with Gasteiger partial charge in [-0.1, -0.05) is 30.3 Å². The fraction of sp³-hybridized carbons (Fsp3) is 0.500. The maximum atomic E-state index is 12.4. The summed E-state index contributed by atoms with van der Waals surface area (Å²) in [5.74, 6) is -8.51. The zero-order valence-corrected chi connectivity index (χ0v) is 13.8. The molecule has 0 bridgehead atoms. The van der Waals surface area contributed by atoms with Crippen LogP contribution in [0.3, 0.4) is 0 Å². The van der Waals surface area contributed by atoms with E-state index in [1.165, 1.54) is 0 Å². The van der Waals surface area contributed by atoms with Gasteiger partial charge in [-0.2, -0.15) is 0 Å². The van der Waals surface area contributed by atoms with Gasteiger partial charge in [0.25, 0.3) is 0 Å². The van der Waals surface area contributed by atoms with E-state index in [2.05, 4.69) is 4.74 Å². The summed E-state index contributed by atoms with van der Waals surface area (Å²) in [4.78, 5) is 23.3. The van der Waals surface area contributed by atoms with Crippen LogP contribution in [-0.4, -0.2) is 52.7 Å². The average molecular weight is 393 g/mol. The second kappa shape index (κ2) is 8.65. The zero-order valence-electron chi connectivity index (χ0n) is 13.8. The first-order chi connectivity index (χ1) is 12.6. The summed E-state index contributed by atoms with van der Waals surface area (Å²) in [6.45, 7) is -0.510. The van der Waals surface area contributed by atoms with Crippen molar-refractivity contribution in [3.8, 4) is 0 Å². The van der Waals surface area contributed by atoms with Crippen LogP contribution in [0.5, 0.6) is 0 Å². The standard InChI is InChI=1S/C16H18F3NO7/c17-16(18,19)27-15(25)11-9(7-26-6-8-4-2-1-3-5-8)10(14(23)24)12(21)20-13(11)22/h1-5,9-13,20-22H,6-7H2,(H,23,24). The quantitative estimate of drug-likeness (QED) is 0.513. The summed E-state index contributed by atoms with van der Waals surface area (Å²) in [6, 6.07) is 8.61. The van der Waals surface area contributed by atoms with Crippen LogP contribution in [-0.2, 0) is 25.7 Å². The molecule has 1 saturated heterocycles. The summed E-state index contributed by atoms with van der Waals surface area (Å²) >= 11 is 0. The Labute approximate surface area is 151 Å². The monoisotopic (exact) mass is 393 g/mol. The summed E-state index contributed by atoms with van der Waals surface area (Å²) in [5.41, 5.74) is 0.703. The van der Waals surface area contributed by atoms with Crippen molar-refractivity contribution in [2.75, 3.05) is 6.61 Å². The highest BCUT2D eigenvalue weighted by Gasteiger charge is 2.52. The van der Waals surface area contributed by atoms with Crippen LogP contribution in [0, 0.1) is 17.8 Å². The van der Waals surface area contributed by atoms with Gasteiger partial charge >= 0.3 is 18.3 Å². The molecule has 11 heteroatoms. The molecular formula is C16H18F3NO7. The number of hydrogen-bond acceptors (Lipinski definition) is 7. The number of piperidine rings is 1. The van der Waals surface area contributed by atoms with Crippen molar-refractivity contribution in [3.05, 3.63) is 35.9 Å². The molecule has 1 aliphatic heterocycles. The first-order valence-electron chi connectivity index (χ1n) is 7.86. The Morgan fingerprint density at radius 3 is 2.22 bits per heavy atom. The number of esters is 1. The predicted molar refractivity (Wildman–Crippen MR) is 81.5 cm³/mol. The van der Waals surface area contributed by atoms with E-state index in [1.54, 1.807) is 30.3 Å². The van der Waals surface area contributed by atoms with Crippen LogP contribution in [0.15, 0.2) is 30.3 Å². The van der Waals surface area contributed by atoms with E-state index in [0.717, 1.165) is 0 Å². The topological polar surface area (TPSA) is 125 Å². The van der Waals surface area contributed by atoms with Crippen molar-refractivity contribution >= 4 is 11.9 Å². The molecule has 8 nitrogen and oxygen atoms in total. The van der Waals surface area contributed by atoms with Gasteiger partial charge in [-0.25, -0.2) is 0 Å². The normalized spacial score (nSPS) is 28.6. The van der Waals surface area contributed by atoms with E-state index in [-0.39, 0.29) is 6.61 Å². The van der Waals surface area contributed by atoms with Crippen LogP contribution in [0.1, 0.15) is 5.56 Å². The van der Waals surface area contributed by atoms with Gasteiger partial charge in [0.2, 0.25) is 0 Å². The first-order valence-corrected chi connectivity index (χ1v) is 7.86. The van der Waals surface area contributed by atoms with E-state index in [4.69, 9.17) is 4.74 Å². The molecule has 0 amide bonds. The Bertz CT molecular complexity index is 655. The third kappa shape index (κ3) is 5.63. The number of carboxylic acid groups (broad SMARTS) is 1. The van der Waals surface area contributed by atoms with Crippen LogP contribution in [0.25, 0.3) is 0 Å². The molecule has 150 valence electrons. The molecule has 1 fully saturated rings. The predicted octanol–water partition coefficient (Wildman–Crippen LogP) is 0.439. The lowest BCUT2D eigenvalue weighted by Crippen LogP contribution is -2.62. The second-order valence-corrected chi connectivity index (χ2v) is 5.98. The van der Waals surface area contributed by atoms with Crippen LogP contribution < -0.4 is 5.32 Å². The summed E-state index contributed by atoms with van der Waals surface area (Å²) < 4.78 is 45.8. The summed E-state index contributed by atoms with van der Waals surface area (Å²) in [7, 11) is 0. The number of halogens is 3. The molecular weight excluding hydrogens is 375 g/mol. The minimum Gasteiger partial charge on any atom is -0.481 e. The highest BCUT2D eigenvalue weighted by molar-refractivity contribution is 5.77. The SMILES string of the molecule is O=C(O)C1C(O)NC(O)C(C(=O)OC(F)(F)F)C1COCc1ccccc1. The molecule has 5 unspecified atom stereocenters. The maximum absolute atomic E-state index is 12.4. The van der Waals surface area contributed by atoms with Crippen LogP contribution >= 0.6 is 0 Å². The van der Waals surface area contributed by atoms with E-state index in [9.17, 15) is 38.1 Å². The molecule has 1 aromatic rings. The van der Waals surface area contributed by atoms with Gasteiger partial charge in [-0.15, -0.1) is 13.2 Å². The van der Waals surface area contributed by atoms with Crippen molar-refractivity contribution in [2.24, 2.45) is 17.8 Å². The lowest BCUT2D eigenvalue weighted by molar-refractivity contribution is -0.311. The number of rotatable bonds is 6. The number of benzene rings is 1. The summed E-state index contributed by atoms with van der Waals surface area (Å²) in [5, 5.41) is 31.0. The molecule has 4 N–H and O–H groups in total. The Hall–Kier alpha value is -2.21. The fourth-order valence-electron chi connectivity index (χ4n) is 2.97. The van der Waals surface area contributed by atoms with Gasteiger partial charge < -0.3 is 24.8 Å². The van der Waals surface area contributed by atoms with E-state index >= 15 is 0 Å². The number of hydrogen-bond donors (Lipinski definition) is 4. The molecule has 1 heterocycles. The number of aliphatic carboxylic acids is 1. The molecule has 0 aromatic heterocycles. The largest absolute Gasteiger partial charge is 0.575 e. The fourth-order valence-corrected chi connectivity index (χ4v) is 2.97. The first kappa shape index (κ1) is 21.1. The molecule has 0 radical (unpaired) electrons. The third-order valence-corrected chi connectivity index (χ3v) is 4.14. The number of carboxylic acids is 1.